The van der Waals surface area contributed by atoms with Crippen molar-refractivity contribution in [2.75, 3.05) is 13.2 Å². The minimum absolute atomic E-state index is 0.305. The van der Waals surface area contributed by atoms with Crippen LogP contribution in [0.25, 0.3) is 0 Å². The Morgan fingerprint density at radius 2 is 1.89 bits per heavy atom. The van der Waals surface area contributed by atoms with E-state index in [0.717, 1.165) is 36.2 Å². The molecule has 1 aromatic rings. The van der Waals surface area contributed by atoms with Crippen molar-refractivity contribution in [2.45, 2.75) is 46.6 Å². The second-order valence-electron chi connectivity index (χ2n) is 5.75. The molecule has 19 heavy (non-hydrogen) atoms. The van der Waals surface area contributed by atoms with E-state index in [-0.39, 0.29) is 0 Å². The first-order valence-corrected chi connectivity index (χ1v) is 7.86. The molecule has 0 radical (unpaired) electrons. The summed E-state index contributed by atoms with van der Waals surface area (Å²) in [7, 11) is 0. The maximum absolute atomic E-state index is 5.82. The normalized spacial score (nSPS) is 14.4. The minimum atomic E-state index is 0.305. The van der Waals surface area contributed by atoms with Crippen molar-refractivity contribution in [2.24, 2.45) is 5.41 Å². The number of hydrogen-bond acceptors (Lipinski definition) is 2. The summed E-state index contributed by atoms with van der Waals surface area (Å²) >= 11 is 3.43. The lowest BCUT2D eigenvalue weighted by Crippen LogP contribution is -2.36. The van der Waals surface area contributed by atoms with Crippen LogP contribution < -0.4 is 10.1 Å². The first-order chi connectivity index (χ1) is 8.95. The van der Waals surface area contributed by atoms with Gasteiger partial charge in [-0.25, -0.2) is 0 Å². The lowest BCUT2D eigenvalue weighted by atomic mass is 9.84. The number of rotatable bonds is 8. The molecule has 2 nitrogen and oxygen atoms in total. The van der Waals surface area contributed by atoms with Crippen LogP contribution in [-0.2, 0) is 0 Å². The van der Waals surface area contributed by atoms with E-state index in [9.17, 15) is 0 Å². The largest absolute Gasteiger partial charge is 0.494 e. The van der Waals surface area contributed by atoms with E-state index in [1.807, 2.05) is 24.3 Å². The van der Waals surface area contributed by atoms with Gasteiger partial charge in [0.1, 0.15) is 5.75 Å². The molecule has 0 heterocycles. The third kappa shape index (κ3) is 6.44. The number of halogens is 1. The van der Waals surface area contributed by atoms with Gasteiger partial charge in [0, 0.05) is 17.1 Å². The molecule has 0 amide bonds. The number of hydrogen-bond donors (Lipinski definition) is 1. The van der Waals surface area contributed by atoms with Gasteiger partial charge in [-0.15, -0.1) is 0 Å². The van der Waals surface area contributed by atoms with Crippen LogP contribution in [0.2, 0.25) is 0 Å². The Bertz CT molecular complexity index is 364. The molecule has 3 heteroatoms. The minimum Gasteiger partial charge on any atom is -0.494 e. The van der Waals surface area contributed by atoms with Crippen molar-refractivity contribution in [1.29, 1.82) is 0 Å². The lowest BCUT2D eigenvalue weighted by molar-refractivity contribution is 0.196. The predicted molar refractivity (Wildman–Crippen MR) is 85.8 cm³/mol. The Morgan fingerprint density at radius 3 is 2.42 bits per heavy atom. The second kappa shape index (κ2) is 7.91. The van der Waals surface area contributed by atoms with Gasteiger partial charge in [-0.1, -0.05) is 43.6 Å². The number of benzene rings is 1. The predicted octanol–water partition coefficient (Wildman–Crippen LogP) is 4.63. The first-order valence-electron chi connectivity index (χ1n) is 7.07. The summed E-state index contributed by atoms with van der Waals surface area (Å²) in [5, 5.41) is 3.53. The average Bonchev–Trinajstić information content (AvgIpc) is 2.39. The zero-order valence-electron chi connectivity index (χ0n) is 12.5. The highest BCUT2D eigenvalue weighted by atomic mass is 79.9. The van der Waals surface area contributed by atoms with E-state index in [1.54, 1.807) is 0 Å². The second-order valence-corrected chi connectivity index (χ2v) is 6.67. The van der Waals surface area contributed by atoms with Crippen LogP contribution in [0, 0.1) is 5.41 Å². The van der Waals surface area contributed by atoms with Crippen LogP contribution in [0.15, 0.2) is 28.7 Å². The molecule has 0 aromatic heterocycles. The lowest BCUT2D eigenvalue weighted by Gasteiger charge is -2.29. The van der Waals surface area contributed by atoms with E-state index in [0.29, 0.717) is 11.5 Å². The molecule has 0 aliphatic rings. The fourth-order valence-electron chi connectivity index (χ4n) is 1.79. The van der Waals surface area contributed by atoms with Crippen LogP contribution in [0.1, 0.15) is 40.5 Å². The summed E-state index contributed by atoms with van der Waals surface area (Å²) in [6.07, 6.45) is 2.23. The molecule has 0 aliphatic heterocycles. The third-order valence-electron chi connectivity index (χ3n) is 3.58. The molecule has 0 saturated carbocycles. The summed E-state index contributed by atoms with van der Waals surface area (Å²) < 4.78 is 6.90. The Hall–Kier alpha value is -0.540. The van der Waals surface area contributed by atoms with E-state index in [2.05, 4.69) is 48.9 Å². The molecule has 1 N–H and O–H groups in total. The van der Waals surface area contributed by atoms with Crippen LogP contribution in [0.3, 0.4) is 0 Å². The summed E-state index contributed by atoms with van der Waals surface area (Å²) in [5.74, 6) is 0.943. The quantitative estimate of drug-likeness (QED) is 0.751. The molecular weight excluding hydrogens is 302 g/mol. The molecule has 0 fully saturated rings. The topological polar surface area (TPSA) is 21.3 Å². The summed E-state index contributed by atoms with van der Waals surface area (Å²) in [6, 6.07) is 8.56. The van der Waals surface area contributed by atoms with Crippen molar-refractivity contribution in [1.82, 2.24) is 5.32 Å². The molecule has 0 spiro atoms. The van der Waals surface area contributed by atoms with Gasteiger partial charge in [0.15, 0.2) is 0 Å². The SMILES string of the molecule is CCC(C)(CCOc1ccc(Br)cc1)CNC(C)C. The molecule has 0 saturated heterocycles. The van der Waals surface area contributed by atoms with Crippen LogP contribution in [0.4, 0.5) is 0 Å². The number of nitrogens with one attached hydrogen (secondary N) is 1. The molecule has 1 atom stereocenters. The van der Waals surface area contributed by atoms with Crippen molar-refractivity contribution in [3.8, 4) is 5.75 Å². The van der Waals surface area contributed by atoms with Gasteiger partial charge in [-0.3, -0.25) is 0 Å². The highest BCUT2D eigenvalue weighted by Gasteiger charge is 2.22. The van der Waals surface area contributed by atoms with Crippen molar-refractivity contribution < 1.29 is 4.74 Å². The monoisotopic (exact) mass is 327 g/mol. The Balaban J connectivity index is 2.38. The van der Waals surface area contributed by atoms with Gasteiger partial charge < -0.3 is 10.1 Å². The summed E-state index contributed by atoms with van der Waals surface area (Å²) in [5.41, 5.74) is 0.305. The summed E-state index contributed by atoms with van der Waals surface area (Å²) in [6.45, 7) is 10.8. The average molecular weight is 328 g/mol. The molecule has 1 rings (SSSR count). The fourth-order valence-corrected chi connectivity index (χ4v) is 2.05. The van der Waals surface area contributed by atoms with Gasteiger partial charge in [-0.05, 0) is 42.5 Å². The van der Waals surface area contributed by atoms with Gasteiger partial charge in [-0.2, -0.15) is 0 Å². The molecule has 1 unspecified atom stereocenters. The molecule has 0 bridgehead atoms. The molecule has 0 aliphatic carbocycles. The maximum atomic E-state index is 5.82. The van der Waals surface area contributed by atoms with Gasteiger partial charge in [0.25, 0.3) is 0 Å². The van der Waals surface area contributed by atoms with E-state index < -0.39 is 0 Å². The van der Waals surface area contributed by atoms with Crippen molar-refractivity contribution in [3.63, 3.8) is 0 Å². The highest BCUT2D eigenvalue weighted by molar-refractivity contribution is 9.10. The molecule has 1 aromatic carbocycles. The van der Waals surface area contributed by atoms with Crippen LogP contribution in [-0.4, -0.2) is 19.2 Å². The van der Waals surface area contributed by atoms with Gasteiger partial charge in [0.2, 0.25) is 0 Å². The number of ether oxygens (including phenoxy) is 1. The molecular formula is C16H26BrNO. The maximum Gasteiger partial charge on any atom is 0.119 e. The van der Waals surface area contributed by atoms with Crippen molar-refractivity contribution in [3.05, 3.63) is 28.7 Å². The van der Waals surface area contributed by atoms with Crippen molar-refractivity contribution >= 4 is 15.9 Å². The van der Waals surface area contributed by atoms with E-state index >= 15 is 0 Å². The van der Waals surface area contributed by atoms with E-state index in [4.69, 9.17) is 4.74 Å². The first kappa shape index (κ1) is 16.5. The standard InChI is InChI=1S/C16H26BrNO/c1-5-16(4,12-18-13(2)3)10-11-19-15-8-6-14(17)7-9-15/h6-9,13,18H,5,10-12H2,1-4H3. The van der Waals surface area contributed by atoms with Gasteiger partial charge in [0.05, 0.1) is 6.61 Å². The zero-order chi connectivity index (χ0) is 14.3. The Kier molecular flexibility index (Phi) is 6.87. The third-order valence-corrected chi connectivity index (χ3v) is 4.11. The van der Waals surface area contributed by atoms with Crippen LogP contribution in [0.5, 0.6) is 5.75 Å². The zero-order valence-corrected chi connectivity index (χ0v) is 14.1. The van der Waals surface area contributed by atoms with Gasteiger partial charge >= 0.3 is 0 Å². The smallest absolute Gasteiger partial charge is 0.119 e. The van der Waals surface area contributed by atoms with E-state index in [1.165, 1.54) is 0 Å². The fraction of sp³-hybridized carbons (Fsp3) is 0.625. The summed E-state index contributed by atoms with van der Waals surface area (Å²) in [4.78, 5) is 0. The Labute approximate surface area is 126 Å². The Morgan fingerprint density at radius 1 is 1.26 bits per heavy atom. The highest BCUT2D eigenvalue weighted by Crippen LogP contribution is 2.25. The molecule has 108 valence electrons. The van der Waals surface area contributed by atoms with Crippen LogP contribution >= 0.6 is 15.9 Å².